The Labute approximate surface area is 114 Å². The highest BCUT2D eigenvalue weighted by Gasteiger charge is 2.12. The van der Waals surface area contributed by atoms with Gasteiger partial charge in [-0.1, -0.05) is 38.3 Å². The molecule has 19 heavy (non-hydrogen) atoms. The number of hydrogen-bond acceptors (Lipinski definition) is 4. The Kier molecular flexibility index (Phi) is 7.12. The predicted octanol–water partition coefficient (Wildman–Crippen LogP) is 1.92. The van der Waals surface area contributed by atoms with Gasteiger partial charge in [0.2, 0.25) is 0 Å². The molecule has 1 aromatic carbocycles. The Morgan fingerprint density at radius 1 is 0.947 bits per heavy atom. The minimum Gasteiger partial charge on any atom is -0.465 e. The monoisotopic (exact) mass is 282 g/mol. The SMILES string of the molecule is CC(=O)OCCP(CCOC(C)=O)c1ccccc1. The summed E-state index contributed by atoms with van der Waals surface area (Å²) in [5.74, 6) is -0.522. The lowest BCUT2D eigenvalue weighted by atomic mass is 10.4. The van der Waals surface area contributed by atoms with Crippen molar-refractivity contribution in [3.8, 4) is 0 Å². The van der Waals surface area contributed by atoms with E-state index in [0.717, 1.165) is 12.3 Å². The molecular formula is C14H19O4P. The van der Waals surface area contributed by atoms with E-state index in [-0.39, 0.29) is 11.9 Å². The first-order valence-electron chi connectivity index (χ1n) is 6.16. The lowest BCUT2D eigenvalue weighted by molar-refractivity contribution is -0.141. The summed E-state index contributed by atoms with van der Waals surface area (Å²) in [5, 5.41) is 1.23. The van der Waals surface area contributed by atoms with Crippen molar-refractivity contribution in [2.24, 2.45) is 0 Å². The quantitative estimate of drug-likeness (QED) is 0.566. The van der Waals surface area contributed by atoms with Crippen molar-refractivity contribution in [1.82, 2.24) is 0 Å². The third-order valence-corrected chi connectivity index (χ3v) is 4.93. The number of carbonyl (C=O) groups excluding carboxylic acids is 2. The van der Waals surface area contributed by atoms with E-state index in [4.69, 9.17) is 9.47 Å². The molecule has 0 saturated heterocycles. The highest BCUT2D eigenvalue weighted by Crippen LogP contribution is 2.33. The number of carbonyl (C=O) groups is 2. The normalized spacial score (nSPS) is 10.3. The van der Waals surface area contributed by atoms with Gasteiger partial charge in [0.05, 0.1) is 13.2 Å². The topological polar surface area (TPSA) is 52.6 Å². The summed E-state index contributed by atoms with van der Waals surface area (Å²) >= 11 is 0. The third-order valence-electron chi connectivity index (χ3n) is 2.45. The lowest BCUT2D eigenvalue weighted by Crippen LogP contribution is -2.14. The van der Waals surface area contributed by atoms with Crippen molar-refractivity contribution in [2.75, 3.05) is 25.5 Å². The van der Waals surface area contributed by atoms with Crippen LogP contribution in [0.15, 0.2) is 30.3 Å². The maximum absolute atomic E-state index is 10.8. The van der Waals surface area contributed by atoms with Gasteiger partial charge >= 0.3 is 11.9 Å². The Morgan fingerprint density at radius 3 is 1.84 bits per heavy atom. The van der Waals surface area contributed by atoms with E-state index in [1.165, 1.54) is 19.2 Å². The molecule has 0 fully saturated rings. The van der Waals surface area contributed by atoms with E-state index < -0.39 is 7.92 Å². The smallest absolute Gasteiger partial charge is 0.302 e. The maximum atomic E-state index is 10.8. The van der Waals surface area contributed by atoms with Crippen LogP contribution in [0.2, 0.25) is 0 Å². The summed E-state index contributed by atoms with van der Waals surface area (Å²) in [6.45, 7) is 3.64. The Balaban J connectivity index is 2.52. The van der Waals surface area contributed by atoms with Crippen molar-refractivity contribution >= 4 is 25.2 Å². The summed E-state index contributed by atoms with van der Waals surface area (Å²) in [5.41, 5.74) is 0. The Hall–Kier alpha value is -1.41. The minimum absolute atomic E-state index is 0.261. The molecule has 0 aliphatic rings. The van der Waals surface area contributed by atoms with Crippen LogP contribution in [0.1, 0.15) is 13.8 Å². The van der Waals surface area contributed by atoms with Gasteiger partial charge < -0.3 is 9.47 Å². The van der Waals surface area contributed by atoms with Gasteiger partial charge in [0.25, 0.3) is 0 Å². The molecule has 0 bridgehead atoms. The standard InChI is InChI=1S/C14H19O4P/c1-12(15)17-8-10-19(11-9-18-13(2)16)14-6-4-3-5-7-14/h3-7H,8-11H2,1-2H3. The molecule has 0 atom stereocenters. The van der Waals surface area contributed by atoms with Crippen molar-refractivity contribution in [1.29, 1.82) is 0 Å². The summed E-state index contributed by atoms with van der Waals surface area (Å²) < 4.78 is 9.98. The fourth-order valence-corrected chi connectivity index (χ4v) is 3.57. The molecule has 0 aromatic heterocycles. The molecule has 0 N–H and O–H groups in total. The number of rotatable bonds is 7. The van der Waals surface area contributed by atoms with Crippen LogP contribution in [0.5, 0.6) is 0 Å². The molecule has 4 nitrogen and oxygen atoms in total. The minimum atomic E-state index is -0.472. The van der Waals surface area contributed by atoms with Gasteiger partial charge in [0, 0.05) is 26.2 Å². The summed E-state index contributed by atoms with van der Waals surface area (Å²) in [6, 6.07) is 10.1. The highest BCUT2D eigenvalue weighted by atomic mass is 31.1. The van der Waals surface area contributed by atoms with Crippen molar-refractivity contribution < 1.29 is 19.1 Å². The molecule has 104 valence electrons. The molecule has 1 rings (SSSR count). The van der Waals surface area contributed by atoms with Crippen LogP contribution < -0.4 is 5.30 Å². The fourth-order valence-electron chi connectivity index (χ4n) is 1.61. The number of ether oxygens (including phenoxy) is 2. The molecular weight excluding hydrogens is 263 g/mol. The van der Waals surface area contributed by atoms with Crippen molar-refractivity contribution in [2.45, 2.75) is 13.8 Å². The van der Waals surface area contributed by atoms with Gasteiger partial charge in [-0.15, -0.1) is 0 Å². The second kappa shape index (κ2) is 8.65. The van der Waals surface area contributed by atoms with E-state index >= 15 is 0 Å². The molecule has 0 unspecified atom stereocenters. The molecule has 0 saturated carbocycles. The van der Waals surface area contributed by atoms with Crippen LogP contribution in [0.3, 0.4) is 0 Å². The first-order valence-corrected chi connectivity index (χ1v) is 7.87. The van der Waals surface area contributed by atoms with E-state index in [1.807, 2.05) is 18.2 Å². The largest absolute Gasteiger partial charge is 0.465 e. The van der Waals surface area contributed by atoms with Gasteiger partial charge in [-0.25, -0.2) is 0 Å². The zero-order chi connectivity index (χ0) is 14.1. The molecule has 0 amide bonds. The molecule has 0 aliphatic carbocycles. The van der Waals surface area contributed by atoms with Crippen molar-refractivity contribution in [3.63, 3.8) is 0 Å². The fraction of sp³-hybridized carbons (Fsp3) is 0.429. The van der Waals surface area contributed by atoms with Gasteiger partial charge in [-0.05, 0) is 5.30 Å². The lowest BCUT2D eigenvalue weighted by Gasteiger charge is -2.17. The average Bonchev–Trinajstić information content (AvgIpc) is 2.37. The van der Waals surface area contributed by atoms with E-state index in [2.05, 4.69) is 12.1 Å². The second-order valence-corrected chi connectivity index (χ2v) is 6.49. The molecule has 0 aliphatic heterocycles. The van der Waals surface area contributed by atoms with Crippen LogP contribution in [-0.2, 0) is 19.1 Å². The molecule has 1 aromatic rings. The first-order chi connectivity index (χ1) is 9.09. The third kappa shape index (κ3) is 6.92. The average molecular weight is 282 g/mol. The molecule has 0 spiro atoms. The van der Waals surface area contributed by atoms with Crippen LogP contribution in [-0.4, -0.2) is 37.5 Å². The summed E-state index contributed by atoms with van der Waals surface area (Å²) in [6.07, 6.45) is 1.58. The van der Waals surface area contributed by atoms with Crippen molar-refractivity contribution in [3.05, 3.63) is 30.3 Å². The van der Waals surface area contributed by atoms with Gasteiger partial charge in [-0.3, -0.25) is 9.59 Å². The number of benzene rings is 1. The summed E-state index contributed by atoms with van der Waals surface area (Å²) in [7, 11) is -0.472. The van der Waals surface area contributed by atoms with E-state index in [9.17, 15) is 9.59 Å². The Morgan fingerprint density at radius 2 is 1.42 bits per heavy atom. The van der Waals surface area contributed by atoms with Crippen LogP contribution in [0.4, 0.5) is 0 Å². The van der Waals surface area contributed by atoms with Gasteiger partial charge in [0.1, 0.15) is 0 Å². The van der Waals surface area contributed by atoms with Crippen LogP contribution in [0, 0.1) is 0 Å². The maximum Gasteiger partial charge on any atom is 0.302 e. The second-order valence-electron chi connectivity index (χ2n) is 4.00. The molecule has 5 heteroatoms. The highest BCUT2D eigenvalue weighted by molar-refractivity contribution is 7.65. The predicted molar refractivity (Wildman–Crippen MR) is 76.0 cm³/mol. The number of hydrogen-bond donors (Lipinski definition) is 0. The van der Waals surface area contributed by atoms with Gasteiger partial charge in [-0.2, -0.15) is 0 Å². The van der Waals surface area contributed by atoms with Crippen LogP contribution >= 0.6 is 7.92 Å². The molecule has 0 radical (unpaired) electrons. The Bertz CT molecular complexity index is 385. The zero-order valence-electron chi connectivity index (χ0n) is 11.3. The molecule has 0 heterocycles. The van der Waals surface area contributed by atoms with E-state index in [1.54, 1.807) is 0 Å². The zero-order valence-corrected chi connectivity index (χ0v) is 12.2. The van der Waals surface area contributed by atoms with Gasteiger partial charge in [0.15, 0.2) is 0 Å². The summed E-state index contributed by atoms with van der Waals surface area (Å²) in [4.78, 5) is 21.6. The number of esters is 2. The van der Waals surface area contributed by atoms with E-state index in [0.29, 0.717) is 13.2 Å². The van der Waals surface area contributed by atoms with Crippen LogP contribution in [0.25, 0.3) is 0 Å². The first kappa shape index (κ1) is 15.6.